The zero-order valence-electron chi connectivity index (χ0n) is 11.4. The number of carbonyl (C=O) groups excluding carboxylic acids is 1. The first-order valence-electron chi connectivity index (χ1n) is 6.70. The van der Waals surface area contributed by atoms with Crippen LogP contribution in [0.3, 0.4) is 0 Å². The highest BCUT2D eigenvalue weighted by atomic mass is 16.1. The fourth-order valence-corrected chi connectivity index (χ4v) is 2.05. The molecule has 0 bridgehead atoms. The van der Waals surface area contributed by atoms with Crippen molar-refractivity contribution >= 4 is 5.91 Å². The Morgan fingerprint density at radius 2 is 2.22 bits per heavy atom. The van der Waals surface area contributed by atoms with Crippen LogP contribution in [-0.2, 0) is 11.2 Å². The van der Waals surface area contributed by atoms with E-state index < -0.39 is 0 Å². The van der Waals surface area contributed by atoms with Crippen molar-refractivity contribution in [3.8, 4) is 0 Å². The Bertz CT molecular complexity index is 377. The Morgan fingerprint density at radius 1 is 1.44 bits per heavy atom. The number of benzene rings is 1. The van der Waals surface area contributed by atoms with Crippen molar-refractivity contribution in [1.82, 2.24) is 5.32 Å². The molecule has 3 N–H and O–H groups in total. The number of hydrogen-bond acceptors (Lipinski definition) is 2. The van der Waals surface area contributed by atoms with Crippen molar-refractivity contribution in [2.45, 2.75) is 33.1 Å². The second-order valence-corrected chi connectivity index (χ2v) is 4.75. The van der Waals surface area contributed by atoms with E-state index >= 15 is 0 Å². The molecular formula is C15H24N2O. The molecule has 0 radical (unpaired) electrons. The molecule has 100 valence electrons. The summed E-state index contributed by atoms with van der Waals surface area (Å²) in [5, 5.41) is 2.97. The maximum atomic E-state index is 11.8. The summed E-state index contributed by atoms with van der Waals surface area (Å²) in [4.78, 5) is 11.8. The van der Waals surface area contributed by atoms with Gasteiger partial charge in [0, 0.05) is 13.1 Å². The van der Waals surface area contributed by atoms with Gasteiger partial charge in [-0.2, -0.15) is 0 Å². The summed E-state index contributed by atoms with van der Waals surface area (Å²) in [7, 11) is 0. The van der Waals surface area contributed by atoms with Crippen molar-refractivity contribution in [1.29, 1.82) is 0 Å². The summed E-state index contributed by atoms with van der Waals surface area (Å²) in [5.74, 6) is 0.0551. The smallest absolute Gasteiger partial charge is 0.224 e. The average molecular weight is 248 g/mol. The molecule has 0 fully saturated rings. The molecule has 0 saturated heterocycles. The third-order valence-electron chi connectivity index (χ3n) is 3.09. The van der Waals surface area contributed by atoms with Gasteiger partial charge in [-0.05, 0) is 25.3 Å². The van der Waals surface area contributed by atoms with E-state index in [4.69, 9.17) is 5.73 Å². The van der Waals surface area contributed by atoms with E-state index in [9.17, 15) is 4.79 Å². The SMILES string of the molecule is CCCC(CN)C(=O)NCCc1cccc(C)c1. The summed E-state index contributed by atoms with van der Waals surface area (Å²) in [6.45, 7) is 5.27. The van der Waals surface area contributed by atoms with Gasteiger partial charge < -0.3 is 11.1 Å². The number of nitrogens with one attached hydrogen (secondary N) is 1. The Morgan fingerprint density at radius 3 is 2.83 bits per heavy atom. The largest absolute Gasteiger partial charge is 0.355 e. The highest BCUT2D eigenvalue weighted by Crippen LogP contribution is 2.06. The molecule has 1 aromatic rings. The van der Waals surface area contributed by atoms with E-state index in [1.807, 2.05) is 6.07 Å². The van der Waals surface area contributed by atoms with Gasteiger partial charge in [-0.1, -0.05) is 43.2 Å². The van der Waals surface area contributed by atoms with Gasteiger partial charge in [-0.15, -0.1) is 0 Å². The van der Waals surface area contributed by atoms with Crippen molar-refractivity contribution in [2.75, 3.05) is 13.1 Å². The lowest BCUT2D eigenvalue weighted by Crippen LogP contribution is -2.36. The minimum absolute atomic E-state index is 0.0347. The van der Waals surface area contributed by atoms with Gasteiger partial charge in [-0.3, -0.25) is 4.79 Å². The van der Waals surface area contributed by atoms with Crippen molar-refractivity contribution in [2.24, 2.45) is 11.7 Å². The first-order chi connectivity index (χ1) is 8.67. The molecule has 0 aromatic heterocycles. The standard InChI is InChI=1S/C15H24N2O/c1-3-5-14(11-16)15(18)17-9-8-13-7-4-6-12(2)10-13/h4,6-7,10,14H,3,5,8-9,11,16H2,1-2H3,(H,17,18). The Kier molecular flexibility index (Phi) is 6.44. The zero-order valence-corrected chi connectivity index (χ0v) is 11.4. The number of rotatable bonds is 7. The van der Waals surface area contributed by atoms with E-state index in [0.717, 1.165) is 19.3 Å². The lowest BCUT2D eigenvalue weighted by molar-refractivity contribution is -0.124. The lowest BCUT2D eigenvalue weighted by Gasteiger charge is -2.13. The molecule has 0 aliphatic carbocycles. The van der Waals surface area contributed by atoms with Gasteiger partial charge in [0.2, 0.25) is 5.91 Å². The Hall–Kier alpha value is -1.35. The minimum atomic E-state index is -0.0347. The Balaban J connectivity index is 2.35. The zero-order chi connectivity index (χ0) is 13.4. The van der Waals surface area contributed by atoms with E-state index in [1.165, 1.54) is 11.1 Å². The Labute approximate surface area is 110 Å². The van der Waals surface area contributed by atoms with Crippen LogP contribution in [0.5, 0.6) is 0 Å². The molecule has 3 nitrogen and oxygen atoms in total. The summed E-state index contributed by atoms with van der Waals surface area (Å²) in [6, 6.07) is 8.37. The van der Waals surface area contributed by atoms with E-state index in [-0.39, 0.29) is 11.8 Å². The first-order valence-corrected chi connectivity index (χ1v) is 6.70. The summed E-state index contributed by atoms with van der Waals surface area (Å²) < 4.78 is 0. The predicted octanol–water partition coefficient (Wildman–Crippen LogP) is 2.03. The van der Waals surface area contributed by atoms with Crippen molar-refractivity contribution in [3.05, 3.63) is 35.4 Å². The topological polar surface area (TPSA) is 55.1 Å². The molecule has 1 rings (SSSR count). The second-order valence-electron chi connectivity index (χ2n) is 4.75. The van der Waals surface area contributed by atoms with Crippen LogP contribution >= 0.6 is 0 Å². The highest BCUT2D eigenvalue weighted by Gasteiger charge is 2.14. The summed E-state index contributed by atoms with van der Waals surface area (Å²) >= 11 is 0. The van der Waals surface area contributed by atoms with Crippen LogP contribution in [0.25, 0.3) is 0 Å². The molecule has 0 aliphatic heterocycles. The third-order valence-corrected chi connectivity index (χ3v) is 3.09. The van der Waals surface area contributed by atoms with Crippen molar-refractivity contribution in [3.63, 3.8) is 0 Å². The molecule has 0 heterocycles. The van der Waals surface area contributed by atoms with E-state index in [2.05, 4.69) is 37.4 Å². The molecule has 1 unspecified atom stereocenters. The van der Waals surface area contributed by atoms with Crippen LogP contribution in [0.2, 0.25) is 0 Å². The van der Waals surface area contributed by atoms with Gasteiger partial charge in [0.05, 0.1) is 5.92 Å². The fraction of sp³-hybridized carbons (Fsp3) is 0.533. The molecule has 0 saturated carbocycles. The predicted molar refractivity (Wildman–Crippen MR) is 75.3 cm³/mol. The first kappa shape index (κ1) is 14.7. The van der Waals surface area contributed by atoms with Crippen LogP contribution in [0, 0.1) is 12.8 Å². The van der Waals surface area contributed by atoms with Crippen LogP contribution in [-0.4, -0.2) is 19.0 Å². The van der Waals surface area contributed by atoms with Gasteiger partial charge in [0.25, 0.3) is 0 Å². The third kappa shape index (κ3) is 4.88. The molecule has 3 heteroatoms. The maximum absolute atomic E-state index is 11.8. The van der Waals surface area contributed by atoms with Crippen LogP contribution in [0.1, 0.15) is 30.9 Å². The van der Waals surface area contributed by atoms with Gasteiger partial charge in [0.15, 0.2) is 0 Å². The van der Waals surface area contributed by atoms with Crippen LogP contribution in [0.4, 0.5) is 0 Å². The van der Waals surface area contributed by atoms with Gasteiger partial charge >= 0.3 is 0 Å². The van der Waals surface area contributed by atoms with Crippen LogP contribution < -0.4 is 11.1 Å². The quantitative estimate of drug-likeness (QED) is 0.775. The normalized spacial score (nSPS) is 12.2. The minimum Gasteiger partial charge on any atom is -0.355 e. The lowest BCUT2D eigenvalue weighted by atomic mass is 10.0. The number of amides is 1. The number of aryl methyl sites for hydroxylation is 1. The number of nitrogens with two attached hydrogens (primary N) is 1. The monoisotopic (exact) mass is 248 g/mol. The number of hydrogen-bond donors (Lipinski definition) is 2. The molecule has 1 amide bonds. The van der Waals surface area contributed by atoms with E-state index in [0.29, 0.717) is 13.1 Å². The molecule has 1 aromatic carbocycles. The van der Waals surface area contributed by atoms with E-state index in [1.54, 1.807) is 0 Å². The molecule has 0 aliphatic rings. The van der Waals surface area contributed by atoms with Gasteiger partial charge in [-0.25, -0.2) is 0 Å². The summed E-state index contributed by atoms with van der Waals surface area (Å²) in [6.07, 6.45) is 2.73. The molecule has 0 spiro atoms. The fourth-order valence-electron chi connectivity index (χ4n) is 2.05. The van der Waals surface area contributed by atoms with Crippen molar-refractivity contribution < 1.29 is 4.79 Å². The summed E-state index contributed by atoms with van der Waals surface area (Å²) in [5.41, 5.74) is 8.12. The molecule has 1 atom stereocenters. The van der Waals surface area contributed by atoms with Crippen LogP contribution in [0.15, 0.2) is 24.3 Å². The highest BCUT2D eigenvalue weighted by molar-refractivity contribution is 5.78. The second kappa shape index (κ2) is 7.88. The number of carbonyl (C=O) groups is 1. The average Bonchev–Trinajstić information content (AvgIpc) is 2.36. The molecular weight excluding hydrogens is 224 g/mol. The maximum Gasteiger partial charge on any atom is 0.224 e. The molecule has 18 heavy (non-hydrogen) atoms. The van der Waals surface area contributed by atoms with Gasteiger partial charge in [0.1, 0.15) is 0 Å².